The molecule has 0 radical (unpaired) electrons. The van der Waals surface area contributed by atoms with Crippen molar-refractivity contribution in [3.05, 3.63) is 12.7 Å². The Kier molecular flexibility index (Phi) is 5.46. The molecule has 0 rings (SSSR count). The Balaban J connectivity index is 3.59. The number of carbonyl (C=O) groups excluding carboxylic acids is 1. The van der Waals surface area contributed by atoms with E-state index in [0.717, 1.165) is 6.42 Å². The van der Waals surface area contributed by atoms with Gasteiger partial charge >= 0.3 is 5.97 Å². The summed E-state index contributed by atoms with van der Waals surface area (Å²) in [7, 11) is 0. The molecule has 82 valence electrons. The molecular weight excluding hydrogens is 178 g/mol. The van der Waals surface area contributed by atoms with Crippen molar-refractivity contribution < 1.29 is 9.53 Å². The van der Waals surface area contributed by atoms with E-state index in [9.17, 15) is 4.79 Å². The smallest absolute Gasteiger partial charge is 0.330 e. The first-order chi connectivity index (χ1) is 6.35. The van der Waals surface area contributed by atoms with Gasteiger partial charge in [-0.05, 0) is 34.1 Å². The Labute approximate surface area is 86.5 Å². The first-order valence-corrected chi connectivity index (χ1v) is 4.92. The Morgan fingerprint density at radius 3 is 2.57 bits per heavy atom. The molecule has 0 aromatic heterocycles. The molecule has 3 heteroatoms. The van der Waals surface area contributed by atoms with Crippen LogP contribution in [-0.4, -0.2) is 24.2 Å². The average Bonchev–Trinajstić information content (AvgIpc) is 2.00. The van der Waals surface area contributed by atoms with Gasteiger partial charge in [0.15, 0.2) is 0 Å². The van der Waals surface area contributed by atoms with Crippen molar-refractivity contribution in [2.24, 2.45) is 0 Å². The maximum atomic E-state index is 10.7. The SMILES string of the molecule is C=CC(=O)OCCC(C)NC(C)(C)C. The summed E-state index contributed by atoms with van der Waals surface area (Å²) < 4.78 is 4.88. The van der Waals surface area contributed by atoms with Crippen molar-refractivity contribution in [1.82, 2.24) is 5.32 Å². The minimum atomic E-state index is -0.354. The van der Waals surface area contributed by atoms with E-state index in [1.165, 1.54) is 6.08 Å². The molecule has 1 atom stereocenters. The highest BCUT2D eigenvalue weighted by molar-refractivity contribution is 5.81. The largest absolute Gasteiger partial charge is 0.462 e. The molecule has 0 saturated heterocycles. The molecule has 0 saturated carbocycles. The van der Waals surface area contributed by atoms with Gasteiger partial charge in [-0.2, -0.15) is 0 Å². The molecule has 0 fully saturated rings. The Bertz CT molecular complexity index is 194. The predicted molar refractivity (Wildman–Crippen MR) is 58.1 cm³/mol. The number of rotatable bonds is 5. The topological polar surface area (TPSA) is 38.3 Å². The summed E-state index contributed by atoms with van der Waals surface area (Å²) in [5.41, 5.74) is 0.0991. The Hall–Kier alpha value is -0.830. The molecule has 0 heterocycles. The molecule has 0 aliphatic carbocycles. The molecule has 1 N–H and O–H groups in total. The summed E-state index contributed by atoms with van der Waals surface area (Å²) in [5.74, 6) is -0.354. The number of hydrogen-bond acceptors (Lipinski definition) is 3. The van der Waals surface area contributed by atoms with Crippen molar-refractivity contribution in [3.63, 3.8) is 0 Å². The van der Waals surface area contributed by atoms with E-state index in [0.29, 0.717) is 12.6 Å². The molecule has 1 unspecified atom stereocenters. The quantitative estimate of drug-likeness (QED) is 0.542. The minimum absolute atomic E-state index is 0.0991. The third-order valence-corrected chi connectivity index (χ3v) is 1.64. The summed E-state index contributed by atoms with van der Waals surface area (Å²) in [6, 6.07) is 0.340. The molecule has 0 aromatic rings. The molecule has 0 aromatic carbocycles. The summed E-state index contributed by atoms with van der Waals surface area (Å²) >= 11 is 0. The fourth-order valence-corrected chi connectivity index (χ4v) is 1.21. The van der Waals surface area contributed by atoms with E-state index in [1.54, 1.807) is 0 Å². The number of esters is 1. The van der Waals surface area contributed by atoms with Gasteiger partial charge < -0.3 is 10.1 Å². The first kappa shape index (κ1) is 13.2. The van der Waals surface area contributed by atoms with E-state index in [1.807, 2.05) is 0 Å². The number of carbonyl (C=O) groups is 1. The van der Waals surface area contributed by atoms with Crippen LogP contribution in [0.1, 0.15) is 34.1 Å². The molecule has 0 bridgehead atoms. The molecule has 0 aliphatic rings. The second-order valence-corrected chi connectivity index (χ2v) is 4.46. The lowest BCUT2D eigenvalue weighted by Gasteiger charge is -2.25. The maximum absolute atomic E-state index is 10.7. The molecule has 0 aliphatic heterocycles. The first-order valence-electron chi connectivity index (χ1n) is 4.92. The van der Waals surface area contributed by atoms with Gasteiger partial charge in [0.1, 0.15) is 0 Å². The second-order valence-electron chi connectivity index (χ2n) is 4.46. The van der Waals surface area contributed by atoms with Gasteiger partial charge in [0.2, 0.25) is 0 Å². The van der Waals surface area contributed by atoms with Gasteiger partial charge in [0, 0.05) is 17.7 Å². The minimum Gasteiger partial charge on any atom is -0.462 e. The molecular formula is C11H21NO2. The monoisotopic (exact) mass is 199 g/mol. The Morgan fingerprint density at radius 2 is 2.14 bits per heavy atom. The summed E-state index contributed by atoms with van der Waals surface area (Å²) in [5, 5.41) is 3.39. The van der Waals surface area contributed by atoms with E-state index in [-0.39, 0.29) is 11.5 Å². The zero-order chi connectivity index (χ0) is 11.2. The van der Waals surface area contributed by atoms with Crippen LogP contribution in [-0.2, 0) is 9.53 Å². The highest BCUT2D eigenvalue weighted by atomic mass is 16.5. The number of ether oxygens (including phenoxy) is 1. The molecule has 0 amide bonds. The van der Waals surface area contributed by atoms with Crippen molar-refractivity contribution in [1.29, 1.82) is 0 Å². The van der Waals surface area contributed by atoms with Gasteiger partial charge in [0.05, 0.1) is 6.61 Å². The second kappa shape index (κ2) is 5.81. The average molecular weight is 199 g/mol. The van der Waals surface area contributed by atoms with Gasteiger partial charge in [-0.3, -0.25) is 0 Å². The lowest BCUT2D eigenvalue weighted by Crippen LogP contribution is -2.42. The predicted octanol–water partition coefficient (Wildman–Crippen LogP) is 1.88. The van der Waals surface area contributed by atoms with E-state index >= 15 is 0 Å². The fourth-order valence-electron chi connectivity index (χ4n) is 1.21. The van der Waals surface area contributed by atoms with Crippen LogP contribution < -0.4 is 5.32 Å². The van der Waals surface area contributed by atoms with Gasteiger partial charge in [-0.15, -0.1) is 0 Å². The van der Waals surface area contributed by atoms with Crippen molar-refractivity contribution in [3.8, 4) is 0 Å². The van der Waals surface area contributed by atoms with Crippen LogP contribution in [0.25, 0.3) is 0 Å². The number of hydrogen-bond donors (Lipinski definition) is 1. The molecule has 14 heavy (non-hydrogen) atoms. The highest BCUT2D eigenvalue weighted by Gasteiger charge is 2.13. The highest BCUT2D eigenvalue weighted by Crippen LogP contribution is 2.03. The van der Waals surface area contributed by atoms with Crippen LogP contribution in [0.4, 0.5) is 0 Å². The van der Waals surface area contributed by atoms with Crippen molar-refractivity contribution in [2.45, 2.75) is 45.7 Å². The van der Waals surface area contributed by atoms with Crippen LogP contribution in [0.2, 0.25) is 0 Å². The van der Waals surface area contributed by atoms with Crippen LogP contribution in [0.3, 0.4) is 0 Å². The normalized spacial score (nSPS) is 13.4. The summed E-state index contributed by atoms with van der Waals surface area (Å²) in [6.45, 7) is 12.2. The Morgan fingerprint density at radius 1 is 1.57 bits per heavy atom. The zero-order valence-corrected chi connectivity index (χ0v) is 9.59. The number of nitrogens with one attached hydrogen (secondary N) is 1. The van der Waals surface area contributed by atoms with Gasteiger partial charge in [-0.25, -0.2) is 4.79 Å². The summed E-state index contributed by atoms with van der Waals surface area (Å²) in [6.07, 6.45) is 2.00. The molecule has 3 nitrogen and oxygen atoms in total. The van der Waals surface area contributed by atoms with Crippen LogP contribution in [0, 0.1) is 0 Å². The van der Waals surface area contributed by atoms with E-state index in [2.05, 4.69) is 39.6 Å². The van der Waals surface area contributed by atoms with Gasteiger partial charge in [-0.1, -0.05) is 6.58 Å². The van der Waals surface area contributed by atoms with Crippen molar-refractivity contribution >= 4 is 5.97 Å². The zero-order valence-electron chi connectivity index (χ0n) is 9.59. The third kappa shape index (κ3) is 7.80. The van der Waals surface area contributed by atoms with Gasteiger partial charge in [0.25, 0.3) is 0 Å². The van der Waals surface area contributed by atoms with Crippen LogP contribution in [0.5, 0.6) is 0 Å². The van der Waals surface area contributed by atoms with Crippen molar-refractivity contribution in [2.75, 3.05) is 6.61 Å². The van der Waals surface area contributed by atoms with Crippen LogP contribution in [0.15, 0.2) is 12.7 Å². The fraction of sp³-hybridized carbons (Fsp3) is 0.727. The molecule has 0 spiro atoms. The van der Waals surface area contributed by atoms with Crippen LogP contribution >= 0.6 is 0 Å². The summed E-state index contributed by atoms with van der Waals surface area (Å²) in [4.78, 5) is 10.7. The lowest BCUT2D eigenvalue weighted by molar-refractivity contribution is -0.137. The maximum Gasteiger partial charge on any atom is 0.330 e. The third-order valence-electron chi connectivity index (χ3n) is 1.64. The van der Waals surface area contributed by atoms with E-state index in [4.69, 9.17) is 4.74 Å². The standard InChI is InChI=1S/C11H21NO2/c1-6-10(13)14-8-7-9(2)12-11(3,4)5/h6,9,12H,1,7-8H2,2-5H3. The van der Waals surface area contributed by atoms with E-state index < -0.39 is 0 Å². The lowest BCUT2D eigenvalue weighted by atomic mass is 10.1.